The van der Waals surface area contributed by atoms with Gasteiger partial charge < -0.3 is 35.0 Å². The van der Waals surface area contributed by atoms with Crippen molar-refractivity contribution in [1.29, 1.82) is 0 Å². The molecule has 140 valence electrons. The Morgan fingerprint density at radius 3 is 2.52 bits per heavy atom. The minimum atomic E-state index is -0.988. The summed E-state index contributed by atoms with van der Waals surface area (Å²) in [5, 5.41) is 49.4. The fourth-order valence-corrected chi connectivity index (χ4v) is 5.97. The molecule has 0 amide bonds. The zero-order valence-corrected chi connectivity index (χ0v) is 14.5. The van der Waals surface area contributed by atoms with Crippen LogP contribution in [0, 0.1) is 0 Å². The van der Waals surface area contributed by atoms with Crippen LogP contribution in [0.4, 0.5) is 0 Å². The van der Waals surface area contributed by atoms with E-state index in [0.717, 1.165) is 5.56 Å². The largest absolute Gasteiger partial charge is 0.391 e. The van der Waals surface area contributed by atoms with Crippen LogP contribution in [0.3, 0.4) is 0 Å². The number of rotatable bonds is 5. The maximum atomic E-state index is 10.6. The molecule has 7 nitrogen and oxygen atoms in total. The Morgan fingerprint density at radius 2 is 1.84 bits per heavy atom. The average Bonchev–Trinajstić information content (AvgIpc) is 2.89. The van der Waals surface area contributed by atoms with E-state index in [1.54, 1.807) is 0 Å². The summed E-state index contributed by atoms with van der Waals surface area (Å²) in [5.74, 6) is 0.563. The van der Waals surface area contributed by atoms with Gasteiger partial charge in [-0.15, -0.1) is 0 Å². The maximum Gasteiger partial charge on any atom is 0.184 e. The summed E-state index contributed by atoms with van der Waals surface area (Å²) in [6, 6.07) is 9.28. The molecule has 25 heavy (non-hydrogen) atoms. The van der Waals surface area contributed by atoms with Crippen molar-refractivity contribution >= 4 is 10.9 Å². The highest BCUT2D eigenvalue weighted by atomic mass is 32.2. The van der Waals surface area contributed by atoms with E-state index in [-0.39, 0.29) is 19.0 Å². The van der Waals surface area contributed by atoms with Gasteiger partial charge in [-0.3, -0.25) is 0 Å². The predicted molar refractivity (Wildman–Crippen MR) is 92.0 cm³/mol. The van der Waals surface area contributed by atoms with Gasteiger partial charge in [-0.25, -0.2) is 0 Å². The summed E-state index contributed by atoms with van der Waals surface area (Å²) in [4.78, 5) is 0. The SMILES string of the molecule is OC[C@@H]1[C@@H](O)[C@H](O)C[S+]1C[C@@H](O)[C@H]1OC(c2ccccc2)OC[C@H]1O. The van der Waals surface area contributed by atoms with Crippen molar-refractivity contribution in [2.24, 2.45) is 0 Å². The number of aliphatic hydroxyl groups excluding tert-OH is 5. The van der Waals surface area contributed by atoms with E-state index in [1.165, 1.54) is 0 Å². The van der Waals surface area contributed by atoms with Gasteiger partial charge in [-0.1, -0.05) is 30.3 Å². The van der Waals surface area contributed by atoms with Crippen LogP contribution in [0.15, 0.2) is 30.3 Å². The van der Waals surface area contributed by atoms with E-state index in [9.17, 15) is 25.5 Å². The molecule has 0 saturated carbocycles. The molecule has 0 spiro atoms. The highest BCUT2D eigenvalue weighted by molar-refractivity contribution is 7.97. The van der Waals surface area contributed by atoms with Crippen molar-refractivity contribution in [3.05, 3.63) is 35.9 Å². The predicted octanol–water partition coefficient (Wildman–Crippen LogP) is -1.46. The quantitative estimate of drug-likeness (QED) is 0.400. The van der Waals surface area contributed by atoms with Gasteiger partial charge >= 0.3 is 0 Å². The van der Waals surface area contributed by atoms with Crippen LogP contribution in [0.5, 0.6) is 0 Å². The summed E-state index contributed by atoms with van der Waals surface area (Å²) in [5.41, 5.74) is 0.800. The first-order valence-corrected chi connectivity index (χ1v) is 9.95. The first-order chi connectivity index (χ1) is 12.0. The third-order valence-electron chi connectivity index (χ3n) is 4.68. The summed E-state index contributed by atoms with van der Waals surface area (Å²) in [6.07, 6.45) is -5.34. The van der Waals surface area contributed by atoms with Crippen molar-refractivity contribution < 1.29 is 35.0 Å². The lowest BCUT2D eigenvalue weighted by Crippen LogP contribution is -2.50. The second kappa shape index (κ2) is 8.32. The minimum Gasteiger partial charge on any atom is -0.391 e. The summed E-state index contributed by atoms with van der Waals surface area (Å²) >= 11 is 0. The maximum absolute atomic E-state index is 10.6. The van der Waals surface area contributed by atoms with Gasteiger partial charge in [0, 0.05) is 16.5 Å². The number of hydrogen-bond acceptors (Lipinski definition) is 7. The van der Waals surface area contributed by atoms with E-state index >= 15 is 0 Å². The third-order valence-corrected chi connectivity index (χ3v) is 7.51. The molecule has 5 N–H and O–H groups in total. The van der Waals surface area contributed by atoms with Gasteiger partial charge in [-0.05, 0) is 0 Å². The Kier molecular flexibility index (Phi) is 6.35. The first kappa shape index (κ1) is 19.1. The van der Waals surface area contributed by atoms with Crippen LogP contribution in [0.25, 0.3) is 0 Å². The van der Waals surface area contributed by atoms with E-state index < -0.39 is 53.0 Å². The second-order valence-corrected chi connectivity index (χ2v) is 8.81. The molecule has 8 heteroatoms. The molecule has 2 aliphatic rings. The van der Waals surface area contributed by atoms with E-state index in [2.05, 4.69) is 0 Å². The van der Waals surface area contributed by atoms with Crippen LogP contribution in [-0.2, 0) is 20.4 Å². The Balaban J connectivity index is 1.65. The molecule has 0 aromatic heterocycles. The Hall–Kier alpha value is -0.710. The lowest BCUT2D eigenvalue weighted by Gasteiger charge is -2.36. The van der Waals surface area contributed by atoms with E-state index in [0.29, 0.717) is 5.75 Å². The highest BCUT2D eigenvalue weighted by Crippen LogP contribution is 2.30. The molecule has 2 saturated heterocycles. The fraction of sp³-hybridized carbons (Fsp3) is 0.647. The topological polar surface area (TPSA) is 120 Å². The van der Waals surface area contributed by atoms with Gasteiger partial charge in [0.05, 0.1) is 13.2 Å². The number of hydrogen-bond donors (Lipinski definition) is 5. The number of aliphatic hydroxyl groups is 5. The lowest BCUT2D eigenvalue weighted by atomic mass is 10.1. The van der Waals surface area contributed by atoms with Crippen molar-refractivity contribution in [3.63, 3.8) is 0 Å². The second-order valence-electron chi connectivity index (χ2n) is 6.46. The van der Waals surface area contributed by atoms with Gasteiger partial charge in [0.2, 0.25) is 0 Å². The van der Waals surface area contributed by atoms with Gasteiger partial charge in [0.25, 0.3) is 0 Å². The fourth-order valence-electron chi connectivity index (χ4n) is 3.29. The minimum absolute atomic E-state index is 0.0454. The van der Waals surface area contributed by atoms with Crippen LogP contribution < -0.4 is 0 Å². The van der Waals surface area contributed by atoms with Crippen LogP contribution in [0.1, 0.15) is 11.9 Å². The van der Waals surface area contributed by atoms with Crippen molar-refractivity contribution in [3.8, 4) is 0 Å². The Labute approximate surface area is 149 Å². The van der Waals surface area contributed by atoms with Crippen molar-refractivity contribution in [2.45, 2.75) is 42.1 Å². The van der Waals surface area contributed by atoms with Gasteiger partial charge in [-0.2, -0.15) is 0 Å². The Bertz CT molecular complexity index is 545. The molecule has 1 aromatic carbocycles. The number of benzene rings is 1. The zero-order valence-electron chi connectivity index (χ0n) is 13.7. The standard InChI is InChI=1S/C17H25O7S/c18-6-14-15(22)12(20)8-25(14)9-13(21)16-11(19)7-23-17(24-16)10-4-2-1-3-5-10/h1-5,11-22H,6-9H2/q+1/t11-,12-,13-,14-,15+,16+,17?,25?/m1/s1. The third kappa shape index (κ3) is 4.17. The molecule has 3 rings (SSSR count). The van der Waals surface area contributed by atoms with Crippen LogP contribution in [-0.4, -0.2) is 86.0 Å². The summed E-state index contributed by atoms with van der Waals surface area (Å²) in [6.45, 7) is -0.207. The molecular formula is C17H25O7S+. The van der Waals surface area contributed by atoms with Crippen LogP contribution >= 0.6 is 0 Å². The monoisotopic (exact) mass is 373 g/mol. The molecule has 2 heterocycles. The lowest BCUT2D eigenvalue weighted by molar-refractivity contribution is -0.273. The van der Waals surface area contributed by atoms with Gasteiger partial charge in [0.1, 0.15) is 42.0 Å². The van der Waals surface area contributed by atoms with Crippen molar-refractivity contribution in [1.82, 2.24) is 0 Å². The molecule has 2 fully saturated rings. The first-order valence-electron chi connectivity index (χ1n) is 8.32. The highest BCUT2D eigenvalue weighted by Gasteiger charge is 2.51. The molecule has 2 unspecified atom stereocenters. The van der Waals surface area contributed by atoms with Gasteiger partial charge in [0.15, 0.2) is 11.5 Å². The molecule has 0 aliphatic carbocycles. The summed E-state index contributed by atoms with van der Waals surface area (Å²) < 4.78 is 11.3. The van der Waals surface area contributed by atoms with E-state index in [1.807, 2.05) is 30.3 Å². The summed E-state index contributed by atoms with van der Waals surface area (Å²) in [7, 11) is -0.560. The average molecular weight is 373 g/mol. The van der Waals surface area contributed by atoms with Crippen molar-refractivity contribution in [2.75, 3.05) is 24.7 Å². The smallest absolute Gasteiger partial charge is 0.184 e. The van der Waals surface area contributed by atoms with Crippen LogP contribution in [0.2, 0.25) is 0 Å². The number of ether oxygens (including phenoxy) is 2. The molecule has 8 atom stereocenters. The zero-order chi connectivity index (χ0) is 18.0. The Morgan fingerprint density at radius 1 is 1.12 bits per heavy atom. The molecule has 1 aromatic rings. The molecular weight excluding hydrogens is 348 g/mol. The molecule has 2 aliphatic heterocycles. The molecule has 0 radical (unpaired) electrons. The normalized spacial score (nSPS) is 40.1. The molecule has 0 bridgehead atoms. The van der Waals surface area contributed by atoms with E-state index in [4.69, 9.17) is 9.47 Å².